The van der Waals surface area contributed by atoms with Gasteiger partial charge in [-0.25, -0.2) is 8.42 Å². The van der Waals surface area contributed by atoms with E-state index in [0.717, 1.165) is 24.3 Å². The first kappa shape index (κ1) is 15.9. The Morgan fingerprint density at radius 3 is 2.85 bits per heavy atom. The van der Waals surface area contributed by atoms with Gasteiger partial charge in [0.2, 0.25) is 10.0 Å². The van der Waals surface area contributed by atoms with Crippen LogP contribution in [0.4, 0.5) is 0 Å². The van der Waals surface area contributed by atoms with Crippen molar-refractivity contribution in [2.24, 2.45) is 5.92 Å². The zero-order valence-corrected chi connectivity index (χ0v) is 14.1. The lowest BCUT2D eigenvalue weighted by molar-refractivity contribution is 0.218. The average molecular weight is 316 g/mol. The van der Waals surface area contributed by atoms with E-state index in [1.165, 1.54) is 11.3 Å². The van der Waals surface area contributed by atoms with E-state index in [9.17, 15) is 8.42 Å². The highest BCUT2D eigenvalue weighted by Gasteiger charge is 2.34. The second kappa shape index (κ2) is 6.56. The molecular weight excluding hydrogens is 292 g/mol. The van der Waals surface area contributed by atoms with Crippen LogP contribution in [0.1, 0.15) is 38.5 Å². The molecule has 6 heteroatoms. The number of nitrogens with zero attached hydrogens (tertiary/aromatic N) is 1. The van der Waals surface area contributed by atoms with Gasteiger partial charge < -0.3 is 5.32 Å². The van der Waals surface area contributed by atoms with Crippen LogP contribution in [0.15, 0.2) is 16.3 Å². The third kappa shape index (κ3) is 3.24. The minimum atomic E-state index is -3.36. The summed E-state index contributed by atoms with van der Waals surface area (Å²) in [5, 5.41) is 5.09. The number of hydrogen-bond acceptors (Lipinski definition) is 4. The molecule has 2 heterocycles. The van der Waals surface area contributed by atoms with E-state index in [2.05, 4.69) is 12.2 Å². The highest BCUT2D eigenvalue weighted by atomic mass is 32.2. The molecular formula is C14H24N2O2S2. The molecule has 2 rings (SSSR count). The second-order valence-electron chi connectivity index (χ2n) is 5.59. The van der Waals surface area contributed by atoms with E-state index in [1.54, 1.807) is 10.4 Å². The molecule has 0 aromatic carbocycles. The van der Waals surface area contributed by atoms with Gasteiger partial charge in [0.1, 0.15) is 0 Å². The molecule has 0 aliphatic carbocycles. The van der Waals surface area contributed by atoms with Gasteiger partial charge in [0, 0.05) is 24.0 Å². The van der Waals surface area contributed by atoms with Gasteiger partial charge in [0.05, 0.1) is 4.90 Å². The monoisotopic (exact) mass is 316 g/mol. The predicted octanol–water partition coefficient (Wildman–Crippen LogP) is 2.67. The molecule has 0 saturated carbocycles. The van der Waals surface area contributed by atoms with Crippen LogP contribution in [0.5, 0.6) is 0 Å². The predicted molar refractivity (Wildman–Crippen MR) is 83.5 cm³/mol. The van der Waals surface area contributed by atoms with Crippen LogP contribution in [0.2, 0.25) is 0 Å². The van der Waals surface area contributed by atoms with Crippen LogP contribution in [0, 0.1) is 5.92 Å². The third-order valence-corrected chi connectivity index (χ3v) is 7.00. The minimum Gasteiger partial charge on any atom is -0.312 e. The van der Waals surface area contributed by atoms with E-state index in [4.69, 9.17) is 0 Å². The summed E-state index contributed by atoms with van der Waals surface area (Å²) in [5.74, 6) is 0.442. The Morgan fingerprint density at radius 1 is 1.40 bits per heavy atom. The lowest BCUT2D eigenvalue weighted by Crippen LogP contribution is -2.44. The molecule has 1 aromatic rings. The first-order valence-electron chi connectivity index (χ1n) is 7.25. The summed E-state index contributed by atoms with van der Waals surface area (Å²) in [6, 6.07) is 1.85. The first-order chi connectivity index (χ1) is 9.46. The fourth-order valence-electron chi connectivity index (χ4n) is 2.64. The Kier molecular flexibility index (Phi) is 5.23. The van der Waals surface area contributed by atoms with Crippen molar-refractivity contribution >= 4 is 21.4 Å². The fraction of sp³-hybridized carbons (Fsp3) is 0.714. The maximum atomic E-state index is 12.9. The molecule has 0 radical (unpaired) electrons. The normalized spacial score (nSPS) is 24.9. The van der Waals surface area contributed by atoms with Crippen molar-refractivity contribution in [3.63, 3.8) is 0 Å². The Hall–Kier alpha value is -0.430. The molecule has 0 spiro atoms. The lowest BCUT2D eigenvalue weighted by Gasteiger charge is -2.35. The van der Waals surface area contributed by atoms with E-state index >= 15 is 0 Å². The van der Waals surface area contributed by atoms with Crippen LogP contribution in [0.25, 0.3) is 0 Å². The first-order valence-corrected chi connectivity index (χ1v) is 9.57. The van der Waals surface area contributed by atoms with Crippen LogP contribution in [0.3, 0.4) is 0 Å². The summed E-state index contributed by atoms with van der Waals surface area (Å²) < 4.78 is 27.5. The molecule has 1 saturated heterocycles. The Labute approximate surface area is 126 Å². The number of nitrogens with one attached hydrogen (secondary N) is 1. The van der Waals surface area contributed by atoms with Gasteiger partial charge in [-0.15, -0.1) is 11.3 Å². The van der Waals surface area contributed by atoms with Crippen molar-refractivity contribution in [3.05, 3.63) is 16.3 Å². The van der Waals surface area contributed by atoms with E-state index in [0.29, 0.717) is 23.9 Å². The quantitative estimate of drug-likeness (QED) is 0.908. The smallest absolute Gasteiger partial charge is 0.244 e. The van der Waals surface area contributed by atoms with E-state index in [-0.39, 0.29) is 6.04 Å². The molecule has 1 N–H and O–H groups in total. The minimum absolute atomic E-state index is 0.100. The molecule has 1 aromatic heterocycles. The number of sulfonamides is 1. The van der Waals surface area contributed by atoms with Gasteiger partial charge in [-0.2, -0.15) is 4.31 Å². The maximum absolute atomic E-state index is 12.9. The van der Waals surface area contributed by atoms with Crippen molar-refractivity contribution in [3.8, 4) is 0 Å². The maximum Gasteiger partial charge on any atom is 0.244 e. The van der Waals surface area contributed by atoms with Gasteiger partial charge in [-0.1, -0.05) is 13.8 Å². The zero-order chi connectivity index (χ0) is 14.8. The van der Waals surface area contributed by atoms with Crippen LogP contribution >= 0.6 is 11.3 Å². The number of piperidine rings is 1. The van der Waals surface area contributed by atoms with E-state index < -0.39 is 10.0 Å². The van der Waals surface area contributed by atoms with Gasteiger partial charge in [-0.3, -0.25) is 0 Å². The van der Waals surface area contributed by atoms with Crippen molar-refractivity contribution < 1.29 is 8.42 Å². The van der Waals surface area contributed by atoms with Gasteiger partial charge in [0.15, 0.2) is 0 Å². The zero-order valence-electron chi connectivity index (χ0n) is 12.4. The highest BCUT2D eigenvalue weighted by molar-refractivity contribution is 7.89. The molecule has 1 fully saturated rings. The summed E-state index contributed by atoms with van der Waals surface area (Å²) in [6.07, 6.45) is 2.06. The van der Waals surface area contributed by atoms with E-state index in [1.807, 2.05) is 19.2 Å². The summed E-state index contributed by atoms with van der Waals surface area (Å²) in [4.78, 5) is 1.40. The third-order valence-electron chi connectivity index (χ3n) is 3.89. The van der Waals surface area contributed by atoms with Crippen LogP contribution in [-0.4, -0.2) is 31.9 Å². The molecule has 114 valence electrons. The molecule has 1 aliphatic heterocycles. The molecule has 4 nitrogen and oxygen atoms in total. The van der Waals surface area contributed by atoms with Crippen LogP contribution < -0.4 is 5.32 Å². The van der Waals surface area contributed by atoms with Crippen molar-refractivity contribution in [2.45, 2.75) is 51.1 Å². The second-order valence-corrected chi connectivity index (χ2v) is 8.45. The van der Waals surface area contributed by atoms with Crippen molar-refractivity contribution in [1.82, 2.24) is 9.62 Å². The topological polar surface area (TPSA) is 49.4 Å². The highest BCUT2D eigenvalue weighted by Crippen LogP contribution is 2.31. The standard InChI is InChI=1S/C14H24N2O2S2/c1-4-15-9-13-14(7-8-19-13)20(17,18)16-10-11(2)5-6-12(16)3/h7-8,11-12,15H,4-6,9-10H2,1-3H3. The molecule has 1 aliphatic rings. The van der Waals surface area contributed by atoms with Crippen molar-refractivity contribution in [2.75, 3.05) is 13.1 Å². The lowest BCUT2D eigenvalue weighted by atomic mass is 9.97. The average Bonchev–Trinajstić information content (AvgIpc) is 2.88. The Morgan fingerprint density at radius 2 is 2.15 bits per heavy atom. The molecule has 2 unspecified atom stereocenters. The summed E-state index contributed by atoms with van der Waals surface area (Å²) >= 11 is 1.51. The Balaban J connectivity index is 2.27. The summed E-state index contributed by atoms with van der Waals surface area (Å²) in [5.41, 5.74) is 0. The number of rotatable bonds is 5. The Bertz CT molecular complexity index is 539. The van der Waals surface area contributed by atoms with Gasteiger partial charge in [-0.05, 0) is 43.7 Å². The molecule has 20 heavy (non-hydrogen) atoms. The van der Waals surface area contributed by atoms with Crippen LogP contribution in [-0.2, 0) is 16.6 Å². The number of hydrogen-bond donors (Lipinski definition) is 1. The van der Waals surface area contributed by atoms with Gasteiger partial charge >= 0.3 is 0 Å². The summed E-state index contributed by atoms with van der Waals surface area (Å²) in [6.45, 7) is 8.27. The van der Waals surface area contributed by atoms with Gasteiger partial charge in [0.25, 0.3) is 0 Å². The molecule has 2 atom stereocenters. The fourth-order valence-corrected chi connectivity index (χ4v) is 5.80. The largest absolute Gasteiger partial charge is 0.312 e. The molecule has 0 bridgehead atoms. The SMILES string of the molecule is CCNCc1sccc1S(=O)(=O)N1CC(C)CCC1C. The summed E-state index contributed by atoms with van der Waals surface area (Å²) in [7, 11) is -3.36. The van der Waals surface area contributed by atoms with Crippen molar-refractivity contribution in [1.29, 1.82) is 0 Å². The number of thiophene rings is 1. The molecule has 0 amide bonds.